The number of imidazole rings is 2. The molecule has 0 aliphatic carbocycles. The van der Waals surface area contributed by atoms with E-state index in [4.69, 9.17) is 22.3 Å². The number of rotatable bonds is 12. The first-order valence-electron chi connectivity index (χ1n) is 23.6. The van der Waals surface area contributed by atoms with Gasteiger partial charge in [-0.15, -0.1) is 0 Å². The van der Waals surface area contributed by atoms with Crippen LogP contribution in [0.25, 0.3) is 23.5 Å². The number of piperidine rings is 2. The van der Waals surface area contributed by atoms with Crippen molar-refractivity contribution in [3.63, 3.8) is 0 Å². The zero-order chi connectivity index (χ0) is 56.5. The zero-order valence-electron chi connectivity index (χ0n) is 42.6. The average Bonchev–Trinajstić information content (AvgIpc) is 4.04. The maximum Gasteiger partial charge on any atom is 0.269 e. The lowest BCUT2D eigenvalue weighted by Crippen LogP contribution is -2.55. The number of fused-ring (bicyclic) bond motifs is 1. The van der Waals surface area contributed by atoms with Crippen molar-refractivity contribution in [2.75, 3.05) is 36.2 Å². The lowest BCUT2D eigenvalue weighted by molar-refractivity contribution is -0.129. The van der Waals surface area contributed by atoms with Gasteiger partial charge >= 0.3 is 0 Å². The number of halogens is 4. The number of aromatic nitrogens is 4. The first-order valence-corrected chi connectivity index (χ1v) is 23.6. The minimum absolute atomic E-state index is 0.0433. The third-order valence-electron chi connectivity index (χ3n) is 11.7. The van der Waals surface area contributed by atoms with Gasteiger partial charge < -0.3 is 20.7 Å². The molecule has 6 aromatic rings. The van der Waals surface area contributed by atoms with Gasteiger partial charge in [-0.25, -0.2) is 32.5 Å². The summed E-state index contributed by atoms with van der Waals surface area (Å²) in [6.07, 6.45) is 14.0. The molecule has 0 bridgehead atoms. The standard InChI is InChI=1S/C25H25F2N5O2.C25H23F2N5O.H2N6.H3N5/c1-16-8-18(5-6-23(16)30-13-17(2)29-15-30)9-19-4-3-7-31(25(19)34)32(14-24(28)33)22-11-20(26)10-21(27)12-22;1-16-8-18(5-6-23(16)30-13-17(2)28-15-30)9-19-4-3-7-31-25(19)29-24(33)14-32(31)22-11-20(26)10-21(27)12-22;1-3-5-6-4-2;1-3-5-4-2/h5-6,8-13,15H,3-4,7,14H2,1-2H3,(H2,28,33);5-6,8-13,15H,3-4,7,14H2,1-2H3;1-2H;(H3,1,2,5)/b2*19-9+;3-1?,4-2?,6-5+;. The lowest BCUT2D eigenvalue weighted by Gasteiger charge is -2.43. The van der Waals surface area contributed by atoms with Crippen LogP contribution in [0.4, 0.5) is 28.9 Å². The summed E-state index contributed by atoms with van der Waals surface area (Å²) in [5.41, 5.74) is 32.7. The first-order chi connectivity index (χ1) is 37.4. The number of primary amides is 1. The van der Waals surface area contributed by atoms with Crippen LogP contribution in [-0.4, -0.2) is 78.9 Å². The van der Waals surface area contributed by atoms with Gasteiger partial charge in [-0.2, -0.15) is 21.6 Å². The lowest BCUT2D eigenvalue weighted by atomic mass is 9.99. The van der Waals surface area contributed by atoms with E-state index in [1.54, 1.807) is 23.7 Å². The Morgan fingerprint density at radius 3 is 1.64 bits per heavy atom. The highest BCUT2D eigenvalue weighted by molar-refractivity contribution is 6.11. The number of nitrogens with one attached hydrogen (secondary N) is 3. The van der Waals surface area contributed by atoms with Crippen LogP contribution < -0.4 is 21.6 Å². The highest BCUT2D eigenvalue weighted by Gasteiger charge is 2.33. The zero-order valence-corrected chi connectivity index (χ0v) is 42.6. The summed E-state index contributed by atoms with van der Waals surface area (Å²) in [6, 6.07) is 18.2. The van der Waals surface area contributed by atoms with Crippen LogP contribution in [0.3, 0.4) is 0 Å². The number of carbonyl (C=O) groups is 3. The molecule has 0 radical (unpaired) electrons. The van der Waals surface area contributed by atoms with Crippen molar-refractivity contribution < 1.29 is 31.9 Å². The van der Waals surface area contributed by atoms with E-state index in [9.17, 15) is 31.9 Å². The van der Waals surface area contributed by atoms with Crippen LogP contribution >= 0.6 is 0 Å². The molecule has 404 valence electrons. The van der Waals surface area contributed by atoms with Crippen LogP contribution in [0.15, 0.2) is 151 Å². The van der Waals surface area contributed by atoms with Gasteiger partial charge in [0.15, 0.2) is 5.84 Å². The molecule has 0 atom stereocenters. The fraction of sp³-hybridized carbons (Fsp3) is 0.240. The van der Waals surface area contributed by atoms with E-state index in [0.717, 1.165) is 87.7 Å². The summed E-state index contributed by atoms with van der Waals surface area (Å²) >= 11 is 0. The molecule has 0 spiro atoms. The number of hydrogen-bond acceptors (Lipinski definition) is 12. The smallest absolute Gasteiger partial charge is 0.269 e. The number of nitrogens with zero attached hydrogens (tertiary/aromatic N) is 16. The quantitative estimate of drug-likeness (QED) is 0.0255. The van der Waals surface area contributed by atoms with Gasteiger partial charge in [0.25, 0.3) is 11.8 Å². The highest BCUT2D eigenvalue weighted by atomic mass is 19.1. The monoisotopic (exact) mass is 1070 g/mol. The molecule has 9 rings (SSSR count). The molecule has 24 nitrogen and oxygen atoms in total. The van der Waals surface area contributed by atoms with Crippen molar-refractivity contribution in [3.05, 3.63) is 166 Å². The molecular weight excluding hydrogens is 1020 g/mol. The Bertz CT molecular complexity index is 3300. The van der Waals surface area contributed by atoms with Gasteiger partial charge in [0.1, 0.15) is 36.4 Å². The molecule has 7 N–H and O–H groups in total. The summed E-state index contributed by atoms with van der Waals surface area (Å²) in [6.45, 7) is 8.35. The van der Waals surface area contributed by atoms with Gasteiger partial charge in [0.05, 0.1) is 35.4 Å². The van der Waals surface area contributed by atoms with E-state index in [1.807, 2.05) is 90.6 Å². The van der Waals surface area contributed by atoms with Crippen LogP contribution in [-0.2, 0) is 14.4 Å². The summed E-state index contributed by atoms with van der Waals surface area (Å²) in [7, 11) is 0. The summed E-state index contributed by atoms with van der Waals surface area (Å²) < 4.78 is 59.3. The molecule has 2 aromatic heterocycles. The van der Waals surface area contributed by atoms with Crippen LogP contribution in [0.1, 0.15) is 59.3 Å². The van der Waals surface area contributed by atoms with Crippen LogP contribution in [0.2, 0.25) is 0 Å². The van der Waals surface area contributed by atoms with Crippen LogP contribution in [0.5, 0.6) is 0 Å². The van der Waals surface area contributed by atoms with E-state index < -0.39 is 29.2 Å². The van der Waals surface area contributed by atoms with Crippen molar-refractivity contribution in [2.45, 2.75) is 53.4 Å². The van der Waals surface area contributed by atoms with Crippen molar-refractivity contribution in [2.24, 2.45) is 53.1 Å². The molecule has 2 fully saturated rings. The minimum atomic E-state index is -0.812. The largest absolute Gasteiger partial charge is 0.368 e. The Labute approximate surface area is 443 Å². The van der Waals surface area contributed by atoms with Gasteiger partial charge in [-0.3, -0.25) is 29.4 Å². The topological polar surface area (TPSA) is 322 Å². The molecule has 4 aromatic carbocycles. The highest BCUT2D eigenvalue weighted by Crippen LogP contribution is 2.31. The second-order valence-electron chi connectivity index (χ2n) is 17.4. The van der Waals surface area contributed by atoms with E-state index >= 15 is 0 Å². The van der Waals surface area contributed by atoms with E-state index in [2.05, 4.69) is 63.4 Å². The number of hydrogen-bond donors (Lipinski definition) is 5. The van der Waals surface area contributed by atoms with Gasteiger partial charge in [-0.05, 0) is 173 Å². The number of carbonyl (C=O) groups excluding carboxylic acids is 3. The predicted octanol–water partition coefficient (Wildman–Crippen LogP) is 9.88. The number of aryl methyl sites for hydroxylation is 4. The molecule has 3 amide bonds. The molecular formula is C50H53F4N21O3. The summed E-state index contributed by atoms with van der Waals surface area (Å²) in [4.78, 5) is 50.3. The van der Waals surface area contributed by atoms with Gasteiger partial charge in [0, 0.05) is 54.6 Å². The third-order valence-corrected chi connectivity index (χ3v) is 11.7. The number of benzene rings is 4. The summed E-state index contributed by atoms with van der Waals surface area (Å²) in [5, 5.41) is 23.9. The van der Waals surface area contributed by atoms with Crippen molar-refractivity contribution >= 4 is 47.1 Å². The Morgan fingerprint density at radius 1 is 0.679 bits per heavy atom. The second-order valence-corrected chi connectivity index (χ2v) is 17.4. The number of nitrogens with two attached hydrogens (primary N) is 2. The van der Waals surface area contributed by atoms with Crippen molar-refractivity contribution in [1.82, 2.24) is 29.1 Å². The molecule has 3 aliphatic rings. The normalized spacial score (nSPS) is 15.2. The Kier molecular flexibility index (Phi) is 19.8. The minimum Gasteiger partial charge on any atom is -0.368 e. The maximum absolute atomic E-state index is 13.8. The third kappa shape index (κ3) is 15.3. The number of anilines is 2. The van der Waals surface area contributed by atoms with Crippen molar-refractivity contribution in [1.29, 1.82) is 16.6 Å². The second kappa shape index (κ2) is 27.0. The Balaban J connectivity index is 0.000000212. The molecule has 3 aliphatic heterocycles. The van der Waals surface area contributed by atoms with Crippen LogP contribution in [0, 0.1) is 67.6 Å². The first kappa shape index (κ1) is 57.3. The molecule has 78 heavy (non-hydrogen) atoms. The van der Waals surface area contributed by atoms with E-state index in [-0.39, 0.29) is 30.6 Å². The molecule has 2 saturated heterocycles. The predicted molar refractivity (Wildman–Crippen MR) is 277 cm³/mol. The van der Waals surface area contributed by atoms with Gasteiger partial charge in [-0.1, -0.05) is 17.4 Å². The van der Waals surface area contributed by atoms with E-state index in [0.29, 0.717) is 43.0 Å². The fourth-order valence-corrected chi connectivity index (χ4v) is 8.59. The molecule has 0 saturated carbocycles. The van der Waals surface area contributed by atoms with Crippen molar-refractivity contribution in [3.8, 4) is 11.4 Å². The Morgan fingerprint density at radius 2 is 1.18 bits per heavy atom. The fourth-order valence-electron chi connectivity index (χ4n) is 8.59. The average molecular weight is 1070 g/mol. The number of hydrazine groups is 2. The summed E-state index contributed by atoms with van der Waals surface area (Å²) in [5.74, 6) is 0.514. The SMILES string of the molecule is Cc1cn(-c2ccc(/C=C3\CCCN(N(CC(N)=O)c4cc(F)cc(F)c4)C3=O)cc2C)cn1.Cc1cn(-c2ccc(/C=C3\CCCN4C3=NC(=O)CN4c3cc(F)cc(F)c3)cc2C)cn1.N=N/N=N/N.N=N/N=N/N=N. The molecule has 28 heteroatoms. The Hall–Kier alpha value is -10.0. The van der Waals surface area contributed by atoms with Gasteiger partial charge in [0.2, 0.25) is 5.91 Å². The number of aliphatic imine (C=N–C) groups is 1. The maximum atomic E-state index is 13.8. The number of amides is 3. The number of amidine groups is 1. The molecule has 0 unspecified atom stereocenters. The van der Waals surface area contributed by atoms with E-state index in [1.165, 1.54) is 22.2 Å². The molecule has 5 heterocycles.